The van der Waals surface area contributed by atoms with Crippen molar-refractivity contribution in [1.29, 1.82) is 0 Å². The highest BCUT2D eigenvalue weighted by atomic mass is 35.5. The van der Waals surface area contributed by atoms with Crippen molar-refractivity contribution < 1.29 is 14.6 Å². The predicted molar refractivity (Wildman–Crippen MR) is 82.0 cm³/mol. The Kier molecular flexibility index (Phi) is 5.46. The topological polar surface area (TPSA) is 58.6 Å². The van der Waals surface area contributed by atoms with Gasteiger partial charge < -0.3 is 15.2 Å². The highest BCUT2D eigenvalue weighted by Crippen LogP contribution is 2.23. The molecule has 0 aliphatic carbocycles. The summed E-state index contributed by atoms with van der Waals surface area (Å²) in [5.41, 5.74) is 0.418. The summed E-state index contributed by atoms with van der Waals surface area (Å²) in [6.07, 6.45) is 0.701. The Balaban J connectivity index is 1.71. The van der Waals surface area contributed by atoms with Crippen molar-refractivity contribution in [2.24, 2.45) is 0 Å². The van der Waals surface area contributed by atoms with Crippen molar-refractivity contribution >= 4 is 17.5 Å². The number of hydrogen-bond acceptors (Lipinski definition) is 3. The van der Waals surface area contributed by atoms with Crippen molar-refractivity contribution in [2.75, 3.05) is 13.2 Å². The minimum atomic E-state index is -0.225. The van der Waals surface area contributed by atoms with Gasteiger partial charge in [-0.25, -0.2) is 0 Å². The monoisotopic (exact) mass is 305 g/mol. The molecule has 0 atom stereocenters. The zero-order valence-electron chi connectivity index (χ0n) is 11.4. The molecule has 0 spiro atoms. The molecule has 0 aliphatic rings. The van der Waals surface area contributed by atoms with Gasteiger partial charge in [-0.05, 0) is 36.8 Å². The molecule has 2 aromatic rings. The van der Waals surface area contributed by atoms with Crippen molar-refractivity contribution in [3.63, 3.8) is 0 Å². The summed E-state index contributed by atoms with van der Waals surface area (Å²) in [7, 11) is 0. The van der Waals surface area contributed by atoms with Gasteiger partial charge in [0.1, 0.15) is 11.5 Å². The molecule has 0 aliphatic heterocycles. The largest absolute Gasteiger partial charge is 0.506 e. The van der Waals surface area contributed by atoms with Crippen LogP contribution in [0.5, 0.6) is 11.5 Å². The Labute approximate surface area is 128 Å². The Morgan fingerprint density at radius 2 is 1.95 bits per heavy atom. The van der Waals surface area contributed by atoms with Crippen molar-refractivity contribution in [3.8, 4) is 11.5 Å². The number of halogens is 1. The van der Waals surface area contributed by atoms with Crippen LogP contribution in [0.4, 0.5) is 0 Å². The summed E-state index contributed by atoms with van der Waals surface area (Å²) in [5, 5.41) is 12.2. The van der Waals surface area contributed by atoms with Crippen LogP contribution in [0.1, 0.15) is 16.8 Å². The number of benzene rings is 2. The van der Waals surface area contributed by atoms with Crippen molar-refractivity contribution in [3.05, 3.63) is 59.1 Å². The Bertz CT molecular complexity index is 602. The molecule has 110 valence electrons. The summed E-state index contributed by atoms with van der Waals surface area (Å²) in [4.78, 5) is 11.8. The number of rotatable bonds is 6. The van der Waals surface area contributed by atoms with E-state index >= 15 is 0 Å². The fourth-order valence-corrected chi connectivity index (χ4v) is 1.91. The minimum Gasteiger partial charge on any atom is -0.506 e. The smallest absolute Gasteiger partial charge is 0.251 e. The van der Waals surface area contributed by atoms with Gasteiger partial charge in [0, 0.05) is 12.1 Å². The van der Waals surface area contributed by atoms with Crippen LogP contribution in [-0.4, -0.2) is 24.2 Å². The van der Waals surface area contributed by atoms with Gasteiger partial charge in [0.2, 0.25) is 0 Å². The lowest BCUT2D eigenvalue weighted by atomic mass is 10.2. The number of nitrogens with one attached hydrogen (secondary N) is 1. The highest BCUT2D eigenvalue weighted by molar-refractivity contribution is 6.32. The van der Waals surface area contributed by atoms with Crippen LogP contribution >= 0.6 is 11.6 Å². The maximum absolute atomic E-state index is 11.8. The highest BCUT2D eigenvalue weighted by Gasteiger charge is 2.07. The van der Waals surface area contributed by atoms with Crippen LogP contribution in [0.15, 0.2) is 48.5 Å². The number of phenols is 1. The Hall–Kier alpha value is -2.20. The van der Waals surface area contributed by atoms with Gasteiger partial charge in [-0.15, -0.1) is 0 Å². The maximum Gasteiger partial charge on any atom is 0.251 e. The fraction of sp³-hybridized carbons (Fsp3) is 0.188. The number of carbonyl (C=O) groups is 1. The number of para-hydroxylation sites is 1. The average molecular weight is 306 g/mol. The second-order valence-corrected chi connectivity index (χ2v) is 4.84. The number of aromatic hydroxyl groups is 1. The molecular formula is C16H16ClNO3. The lowest BCUT2D eigenvalue weighted by Crippen LogP contribution is -2.25. The first-order valence-electron chi connectivity index (χ1n) is 6.61. The third-order valence-corrected chi connectivity index (χ3v) is 3.13. The van der Waals surface area contributed by atoms with Gasteiger partial charge in [0.25, 0.3) is 5.91 Å². The van der Waals surface area contributed by atoms with E-state index in [0.717, 1.165) is 5.75 Å². The Morgan fingerprint density at radius 3 is 2.67 bits per heavy atom. The fourth-order valence-electron chi connectivity index (χ4n) is 1.73. The van der Waals surface area contributed by atoms with Crippen molar-refractivity contribution in [2.45, 2.75) is 6.42 Å². The van der Waals surface area contributed by atoms with Gasteiger partial charge >= 0.3 is 0 Å². The molecule has 5 heteroatoms. The van der Waals surface area contributed by atoms with Crippen LogP contribution in [0.25, 0.3) is 0 Å². The Morgan fingerprint density at radius 1 is 1.19 bits per heavy atom. The van der Waals surface area contributed by atoms with Crippen LogP contribution in [0, 0.1) is 0 Å². The molecule has 4 nitrogen and oxygen atoms in total. The molecule has 0 unspecified atom stereocenters. The molecule has 2 N–H and O–H groups in total. The lowest BCUT2D eigenvalue weighted by molar-refractivity contribution is 0.0951. The molecule has 21 heavy (non-hydrogen) atoms. The first-order valence-corrected chi connectivity index (χ1v) is 6.99. The molecule has 0 radical (unpaired) electrons. The SMILES string of the molecule is O=C(NCCCOc1ccccc1)c1ccc(O)c(Cl)c1. The molecule has 2 rings (SSSR count). The minimum absolute atomic E-state index is 0.0375. The van der Waals surface area contributed by atoms with E-state index in [4.69, 9.17) is 16.3 Å². The molecular weight excluding hydrogens is 290 g/mol. The van der Waals surface area contributed by atoms with E-state index in [1.54, 1.807) is 0 Å². The molecule has 0 saturated carbocycles. The zero-order valence-corrected chi connectivity index (χ0v) is 12.1. The normalized spacial score (nSPS) is 10.1. The van der Waals surface area contributed by atoms with Gasteiger partial charge in [0.05, 0.1) is 11.6 Å². The van der Waals surface area contributed by atoms with E-state index in [2.05, 4.69) is 5.32 Å². The summed E-state index contributed by atoms with van der Waals surface area (Å²) in [5.74, 6) is 0.551. The number of carbonyl (C=O) groups excluding carboxylic acids is 1. The van der Waals surface area contributed by atoms with E-state index in [1.807, 2.05) is 30.3 Å². The molecule has 0 aromatic heterocycles. The van der Waals surface area contributed by atoms with Gasteiger partial charge in [-0.2, -0.15) is 0 Å². The van der Waals surface area contributed by atoms with Crippen LogP contribution < -0.4 is 10.1 Å². The number of ether oxygens (including phenoxy) is 1. The van der Waals surface area contributed by atoms with E-state index in [0.29, 0.717) is 25.1 Å². The standard InChI is InChI=1S/C16H16ClNO3/c17-14-11-12(7-8-15(14)19)16(20)18-9-4-10-21-13-5-2-1-3-6-13/h1-3,5-8,11,19H,4,9-10H2,(H,18,20). The van der Waals surface area contributed by atoms with Gasteiger partial charge in [-0.3, -0.25) is 4.79 Å². The molecule has 0 bridgehead atoms. The lowest BCUT2D eigenvalue weighted by Gasteiger charge is -2.08. The van der Waals surface area contributed by atoms with Crippen LogP contribution in [0.2, 0.25) is 5.02 Å². The third kappa shape index (κ3) is 4.68. The third-order valence-electron chi connectivity index (χ3n) is 2.83. The summed E-state index contributed by atoms with van der Waals surface area (Å²) in [6.45, 7) is 1.03. The van der Waals surface area contributed by atoms with E-state index in [-0.39, 0.29) is 16.7 Å². The number of amides is 1. The summed E-state index contributed by atoms with van der Waals surface area (Å²) < 4.78 is 5.52. The van der Waals surface area contributed by atoms with Gasteiger partial charge in [0.15, 0.2) is 0 Å². The predicted octanol–water partition coefficient (Wildman–Crippen LogP) is 3.24. The second-order valence-electron chi connectivity index (χ2n) is 4.44. The first-order chi connectivity index (χ1) is 10.2. The van der Waals surface area contributed by atoms with E-state index < -0.39 is 0 Å². The maximum atomic E-state index is 11.8. The summed E-state index contributed by atoms with van der Waals surface area (Å²) >= 11 is 5.76. The van der Waals surface area contributed by atoms with Gasteiger partial charge in [-0.1, -0.05) is 29.8 Å². The molecule has 2 aromatic carbocycles. The average Bonchev–Trinajstić information content (AvgIpc) is 2.50. The van der Waals surface area contributed by atoms with E-state index in [9.17, 15) is 9.90 Å². The quantitative estimate of drug-likeness (QED) is 0.806. The molecule has 0 fully saturated rings. The van der Waals surface area contributed by atoms with Crippen LogP contribution in [0.3, 0.4) is 0 Å². The zero-order chi connectivity index (χ0) is 15.1. The second kappa shape index (κ2) is 7.55. The van der Waals surface area contributed by atoms with Crippen molar-refractivity contribution in [1.82, 2.24) is 5.32 Å². The van der Waals surface area contributed by atoms with Crippen LogP contribution in [-0.2, 0) is 0 Å². The molecule has 0 heterocycles. The molecule has 0 saturated heterocycles. The van der Waals surface area contributed by atoms with E-state index in [1.165, 1.54) is 18.2 Å². The summed E-state index contributed by atoms with van der Waals surface area (Å²) in [6, 6.07) is 13.9. The first kappa shape index (κ1) is 15.2. The number of phenolic OH excluding ortho intramolecular Hbond substituents is 1. The molecule has 1 amide bonds. The number of hydrogen-bond donors (Lipinski definition) is 2.